The van der Waals surface area contributed by atoms with Crippen molar-refractivity contribution in [3.63, 3.8) is 0 Å². The van der Waals surface area contributed by atoms with E-state index in [4.69, 9.17) is 11.6 Å². The molecule has 33 heavy (non-hydrogen) atoms. The molecule has 0 aliphatic heterocycles. The zero-order valence-electron chi connectivity index (χ0n) is 17.6. The number of carbonyl (C=O) groups excluding carboxylic acids is 1. The van der Waals surface area contributed by atoms with Crippen molar-refractivity contribution in [2.75, 3.05) is 5.75 Å². The van der Waals surface area contributed by atoms with Crippen LogP contribution < -0.4 is 5.43 Å². The Kier molecular flexibility index (Phi) is 7.07. The van der Waals surface area contributed by atoms with Crippen molar-refractivity contribution in [3.05, 3.63) is 88.9 Å². The largest absolute Gasteiger partial charge is 0.507 e. The molecule has 9 heteroatoms. The lowest BCUT2D eigenvalue weighted by Crippen LogP contribution is -2.20. The fraction of sp³-hybridized carbons (Fsp3) is 0.0833. The number of aromatic hydroxyl groups is 1. The maximum Gasteiger partial charge on any atom is 0.250 e. The standard InChI is InChI=1S/C24H20ClN5O2S/c1-16-6-12-20(13-7-16)30-23(17-8-10-19(25)11-9-17)28-29-24(30)33-15-22(32)27-26-14-18-4-2-3-5-21(18)31/h2-14,31H,15H2,1H3,(H,27,32)/b26-14+. The number of nitrogens with zero attached hydrogens (tertiary/aromatic N) is 4. The lowest BCUT2D eigenvalue weighted by molar-refractivity contribution is -0.118. The Balaban J connectivity index is 1.52. The van der Waals surface area contributed by atoms with E-state index in [0.29, 0.717) is 21.6 Å². The third-order valence-electron chi connectivity index (χ3n) is 4.69. The van der Waals surface area contributed by atoms with E-state index in [9.17, 15) is 9.90 Å². The Morgan fingerprint density at radius 3 is 2.55 bits per heavy atom. The van der Waals surface area contributed by atoms with Gasteiger partial charge in [0.2, 0.25) is 0 Å². The highest BCUT2D eigenvalue weighted by Gasteiger charge is 2.17. The summed E-state index contributed by atoms with van der Waals surface area (Å²) in [5.41, 5.74) is 5.86. The smallest absolute Gasteiger partial charge is 0.250 e. The van der Waals surface area contributed by atoms with Crippen LogP contribution in [0.15, 0.2) is 83.1 Å². The number of amides is 1. The number of phenolic OH excluding ortho intramolecular Hbond substituents is 1. The van der Waals surface area contributed by atoms with E-state index >= 15 is 0 Å². The first-order valence-corrected chi connectivity index (χ1v) is 11.4. The minimum Gasteiger partial charge on any atom is -0.507 e. The number of phenols is 1. The first kappa shape index (κ1) is 22.6. The molecule has 2 N–H and O–H groups in total. The minimum absolute atomic E-state index is 0.0860. The fourth-order valence-corrected chi connectivity index (χ4v) is 3.88. The number of hydrazone groups is 1. The molecule has 166 valence electrons. The summed E-state index contributed by atoms with van der Waals surface area (Å²) in [4.78, 5) is 12.3. The van der Waals surface area contributed by atoms with Crippen LogP contribution in [-0.2, 0) is 4.79 Å². The lowest BCUT2D eigenvalue weighted by atomic mass is 10.2. The number of rotatable bonds is 7. The van der Waals surface area contributed by atoms with Gasteiger partial charge >= 0.3 is 0 Å². The van der Waals surface area contributed by atoms with Gasteiger partial charge in [-0.2, -0.15) is 5.10 Å². The molecular formula is C24H20ClN5O2S. The van der Waals surface area contributed by atoms with Crippen molar-refractivity contribution in [3.8, 4) is 22.8 Å². The number of carbonyl (C=O) groups is 1. The summed E-state index contributed by atoms with van der Waals surface area (Å²) in [5, 5.41) is 23.6. The molecule has 4 aromatic rings. The first-order valence-electron chi connectivity index (χ1n) is 10.0. The van der Waals surface area contributed by atoms with Crippen LogP contribution in [0.5, 0.6) is 5.75 Å². The molecule has 0 aliphatic carbocycles. The molecule has 1 aromatic heterocycles. The van der Waals surface area contributed by atoms with Crippen LogP contribution >= 0.6 is 23.4 Å². The predicted molar refractivity (Wildman–Crippen MR) is 131 cm³/mol. The average molecular weight is 478 g/mol. The molecule has 0 bridgehead atoms. The van der Waals surface area contributed by atoms with Crippen molar-refractivity contribution in [1.82, 2.24) is 20.2 Å². The highest BCUT2D eigenvalue weighted by molar-refractivity contribution is 7.99. The van der Waals surface area contributed by atoms with Gasteiger partial charge in [0.25, 0.3) is 5.91 Å². The molecule has 1 amide bonds. The van der Waals surface area contributed by atoms with Crippen LogP contribution in [0.3, 0.4) is 0 Å². The Hall–Kier alpha value is -3.62. The van der Waals surface area contributed by atoms with Gasteiger partial charge in [-0.1, -0.05) is 53.2 Å². The number of para-hydroxylation sites is 1. The van der Waals surface area contributed by atoms with Gasteiger partial charge in [-0.15, -0.1) is 10.2 Å². The number of hydrogen-bond donors (Lipinski definition) is 2. The summed E-state index contributed by atoms with van der Waals surface area (Å²) in [6.45, 7) is 2.02. The number of aryl methyl sites for hydroxylation is 1. The molecule has 0 aliphatic rings. The number of nitrogens with one attached hydrogen (secondary N) is 1. The lowest BCUT2D eigenvalue weighted by Gasteiger charge is -2.10. The second kappa shape index (κ2) is 10.3. The number of thioether (sulfide) groups is 1. The van der Waals surface area contributed by atoms with Gasteiger partial charge in [-0.25, -0.2) is 5.43 Å². The highest BCUT2D eigenvalue weighted by Crippen LogP contribution is 2.28. The zero-order valence-corrected chi connectivity index (χ0v) is 19.2. The van der Waals surface area contributed by atoms with Crippen molar-refractivity contribution in [2.45, 2.75) is 12.1 Å². The van der Waals surface area contributed by atoms with Gasteiger partial charge in [-0.05, 0) is 55.5 Å². The molecule has 7 nitrogen and oxygen atoms in total. The van der Waals surface area contributed by atoms with Crippen molar-refractivity contribution < 1.29 is 9.90 Å². The summed E-state index contributed by atoms with van der Waals surface area (Å²) in [7, 11) is 0. The number of aromatic nitrogens is 3. The van der Waals surface area contributed by atoms with Crippen LogP contribution in [0, 0.1) is 6.92 Å². The Morgan fingerprint density at radius 1 is 1.09 bits per heavy atom. The molecule has 0 radical (unpaired) electrons. The Labute approximate surface area is 200 Å². The molecular weight excluding hydrogens is 458 g/mol. The van der Waals surface area contributed by atoms with Crippen LogP contribution in [-0.4, -0.2) is 37.7 Å². The molecule has 0 spiro atoms. The topological polar surface area (TPSA) is 92.4 Å². The van der Waals surface area contributed by atoms with E-state index in [1.54, 1.807) is 36.4 Å². The fourth-order valence-electron chi connectivity index (χ4n) is 3.01. The maximum atomic E-state index is 12.3. The van der Waals surface area contributed by atoms with Crippen molar-refractivity contribution >= 4 is 35.5 Å². The van der Waals surface area contributed by atoms with Crippen LogP contribution in [0.1, 0.15) is 11.1 Å². The monoisotopic (exact) mass is 477 g/mol. The Morgan fingerprint density at radius 2 is 1.82 bits per heavy atom. The van der Waals surface area contributed by atoms with Crippen LogP contribution in [0.2, 0.25) is 5.02 Å². The zero-order chi connectivity index (χ0) is 23.2. The molecule has 4 rings (SSSR count). The summed E-state index contributed by atoms with van der Waals surface area (Å²) in [6, 6.07) is 22.1. The van der Waals surface area contributed by atoms with E-state index < -0.39 is 0 Å². The van der Waals surface area contributed by atoms with E-state index in [1.807, 2.05) is 47.9 Å². The summed E-state index contributed by atoms with van der Waals surface area (Å²) in [5.74, 6) is 0.517. The number of benzene rings is 3. The molecule has 0 fully saturated rings. The number of halogens is 1. The molecule has 0 unspecified atom stereocenters. The molecule has 1 heterocycles. The van der Waals surface area contributed by atoms with Gasteiger partial charge in [0.1, 0.15) is 5.75 Å². The normalized spacial score (nSPS) is 11.1. The van der Waals surface area contributed by atoms with E-state index in [2.05, 4.69) is 20.7 Å². The van der Waals surface area contributed by atoms with Gasteiger partial charge in [-0.3, -0.25) is 9.36 Å². The summed E-state index contributed by atoms with van der Waals surface area (Å²) in [6.07, 6.45) is 1.39. The van der Waals surface area contributed by atoms with Crippen molar-refractivity contribution in [1.29, 1.82) is 0 Å². The first-order chi connectivity index (χ1) is 16.0. The number of hydrogen-bond acceptors (Lipinski definition) is 6. The predicted octanol–water partition coefficient (Wildman–Crippen LogP) is 4.84. The van der Waals surface area contributed by atoms with Crippen LogP contribution in [0.4, 0.5) is 0 Å². The van der Waals surface area contributed by atoms with Gasteiger partial charge in [0, 0.05) is 21.8 Å². The summed E-state index contributed by atoms with van der Waals surface area (Å²) < 4.78 is 1.91. The third kappa shape index (κ3) is 5.60. The van der Waals surface area contributed by atoms with Gasteiger partial charge < -0.3 is 5.11 Å². The molecule has 0 saturated heterocycles. The Bertz CT molecular complexity index is 1290. The second-order valence-electron chi connectivity index (χ2n) is 7.12. The minimum atomic E-state index is -0.307. The SMILES string of the molecule is Cc1ccc(-n2c(SCC(=O)N/N=C/c3ccccc3O)nnc2-c2ccc(Cl)cc2)cc1. The highest BCUT2D eigenvalue weighted by atomic mass is 35.5. The van der Waals surface area contributed by atoms with E-state index in [1.165, 1.54) is 18.0 Å². The quantitative estimate of drug-likeness (QED) is 0.225. The van der Waals surface area contributed by atoms with Gasteiger partial charge in [0.05, 0.1) is 12.0 Å². The molecule has 0 atom stereocenters. The summed E-state index contributed by atoms with van der Waals surface area (Å²) >= 11 is 7.29. The van der Waals surface area contributed by atoms with Crippen molar-refractivity contribution in [2.24, 2.45) is 5.10 Å². The van der Waals surface area contributed by atoms with Gasteiger partial charge in [0.15, 0.2) is 11.0 Å². The maximum absolute atomic E-state index is 12.3. The third-order valence-corrected chi connectivity index (χ3v) is 5.87. The molecule has 0 saturated carbocycles. The second-order valence-corrected chi connectivity index (χ2v) is 8.50. The molecule has 3 aromatic carbocycles. The average Bonchev–Trinajstić information content (AvgIpc) is 3.24. The van der Waals surface area contributed by atoms with E-state index in [-0.39, 0.29) is 17.4 Å². The van der Waals surface area contributed by atoms with E-state index in [0.717, 1.165) is 16.8 Å². The van der Waals surface area contributed by atoms with Crippen LogP contribution in [0.25, 0.3) is 17.1 Å².